The van der Waals surface area contributed by atoms with E-state index in [0.717, 1.165) is 31.6 Å². The molecule has 3 nitrogen and oxygen atoms in total. The monoisotopic (exact) mass is 223 g/mol. The maximum atomic E-state index is 8.81. The normalized spacial score (nSPS) is 15.3. The van der Waals surface area contributed by atoms with Crippen LogP contribution in [0.2, 0.25) is 0 Å². The third kappa shape index (κ3) is 2.72. The van der Waals surface area contributed by atoms with Crippen LogP contribution in [0.4, 0.5) is 0 Å². The molecule has 1 fully saturated rings. The van der Waals surface area contributed by atoms with Crippen LogP contribution in [0.3, 0.4) is 0 Å². The van der Waals surface area contributed by atoms with Crippen LogP contribution >= 0.6 is 0 Å². The molecule has 0 N–H and O–H groups in total. The van der Waals surface area contributed by atoms with E-state index in [-0.39, 0.29) is 0 Å². The molecule has 0 spiro atoms. The number of rotatable bonds is 2. The number of hydrogen-bond acceptors (Lipinski definition) is 3. The lowest BCUT2D eigenvalue weighted by molar-refractivity contribution is 0.337. The first kappa shape index (κ1) is 11.4. The van der Waals surface area contributed by atoms with Crippen molar-refractivity contribution >= 4 is 0 Å². The molecule has 1 aliphatic rings. The zero-order chi connectivity index (χ0) is 12.1. The summed E-state index contributed by atoms with van der Waals surface area (Å²) in [6, 6.07) is 14.2. The second-order valence-corrected chi connectivity index (χ2v) is 4.15. The Labute approximate surface area is 101 Å². The van der Waals surface area contributed by atoms with E-state index in [0.29, 0.717) is 5.57 Å². The lowest BCUT2D eigenvalue weighted by Gasteiger charge is -2.13. The molecule has 2 rings (SSSR count). The summed E-state index contributed by atoms with van der Waals surface area (Å²) in [6.45, 7) is 2.55. The van der Waals surface area contributed by atoms with Crippen molar-refractivity contribution in [3.63, 3.8) is 0 Å². The van der Waals surface area contributed by atoms with Crippen LogP contribution in [-0.4, -0.2) is 18.0 Å². The van der Waals surface area contributed by atoms with Crippen LogP contribution in [-0.2, 0) is 6.54 Å². The van der Waals surface area contributed by atoms with Gasteiger partial charge in [0.05, 0.1) is 0 Å². The van der Waals surface area contributed by atoms with E-state index in [1.165, 1.54) is 5.56 Å². The van der Waals surface area contributed by atoms with E-state index < -0.39 is 0 Å². The summed E-state index contributed by atoms with van der Waals surface area (Å²) in [5, 5.41) is 17.6. The molecule has 0 bridgehead atoms. The molecule has 1 aromatic carbocycles. The summed E-state index contributed by atoms with van der Waals surface area (Å²) in [6.07, 6.45) is 0.837. The third-order valence-electron chi connectivity index (χ3n) is 2.97. The summed E-state index contributed by atoms with van der Waals surface area (Å²) in [5.74, 6) is 0. The Morgan fingerprint density at radius 3 is 2.53 bits per heavy atom. The molecular weight excluding hydrogens is 210 g/mol. The number of likely N-dealkylation sites (tertiary alicyclic amines) is 1. The van der Waals surface area contributed by atoms with Gasteiger partial charge in [0.1, 0.15) is 17.7 Å². The highest BCUT2D eigenvalue weighted by Gasteiger charge is 2.19. The molecule has 0 unspecified atom stereocenters. The van der Waals surface area contributed by atoms with Crippen molar-refractivity contribution in [2.45, 2.75) is 13.0 Å². The zero-order valence-corrected chi connectivity index (χ0v) is 9.56. The van der Waals surface area contributed by atoms with Gasteiger partial charge in [-0.1, -0.05) is 30.3 Å². The molecule has 17 heavy (non-hydrogen) atoms. The van der Waals surface area contributed by atoms with Crippen LogP contribution in [0, 0.1) is 22.7 Å². The number of benzene rings is 1. The quantitative estimate of drug-likeness (QED) is 0.722. The Kier molecular flexibility index (Phi) is 3.55. The standard InChI is InChI=1S/C14H13N3/c15-8-14(9-16)13-6-7-17(11-13)10-12-4-2-1-3-5-12/h1-5H,6-7,10-11H2. The second kappa shape index (κ2) is 5.30. The third-order valence-corrected chi connectivity index (χ3v) is 2.97. The van der Waals surface area contributed by atoms with Gasteiger partial charge in [0, 0.05) is 19.6 Å². The van der Waals surface area contributed by atoms with Gasteiger partial charge in [0.15, 0.2) is 0 Å². The summed E-state index contributed by atoms with van der Waals surface area (Å²) in [7, 11) is 0. The number of nitriles is 2. The van der Waals surface area contributed by atoms with Crippen LogP contribution in [0.1, 0.15) is 12.0 Å². The summed E-state index contributed by atoms with van der Waals surface area (Å²) in [4.78, 5) is 2.26. The highest BCUT2D eigenvalue weighted by atomic mass is 15.1. The molecule has 0 radical (unpaired) electrons. The minimum atomic E-state index is 0.292. The highest BCUT2D eigenvalue weighted by molar-refractivity contribution is 5.41. The molecule has 0 atom stereocenters. The fourth-order valence-electron chi connectivity index (χ4n) is 2.08. The largest absolute Gasteiger partial charge is 0.295 e. The Bertz CT molecular complexity index is 487. The van der Waals surface area contributed by atoms with Gasteiger partial charge < -0.3 is 0 Å². The average molecular weight is 223 g/mol. The first-order valence-electron chi connectivity index (χ1n) is 5.62. The maximum absolute atomic E-state index is 8.81. The Balaban J connectivity index is 2.03. The molecule has 0 aromatic heterocycles. The van der Waals surface area contributed by atoms with Gasteiger partial charge in [-0.15, -0.1) is 0 Å². The second-order valence-electron chi connectivity index (χ2n) is 4.15. The van der Waals surface area contributed by atoms with Crippen LogP contribution in [0.5, 0.6) is 0 Å². The molecule has 1 aliphatic heterocycles. The first-order valence-corrected chi connectivity index (χ1v) is 5.62. The molecule has 1 saturated heterocycles. The predicted molar refractivity (Wildman–Crippen MR) is 64.6 cm³/mol. The van der Waals surface area contributed by atoms with Crippen molar-refractivity contribution < 1.29 is 0 Å². The van der Waals surface area contributed by atoms with Crippen LogP contribution in [0.25, 0.3) is 0 Å². The minimum Gasteiger partial charge on any atom is -0.295 e. The van der Waals surface area contributed by atoms with Crippen molar-refractivity contribution in [1.29, 1.82) is 10.5 Å². The SMILES string of the molecule is N#CC(C#N)=C1CCN(Cc2ccccc2)C1. The minimum absolute atomic E-state index is 0.292. The molecular formula is C14H13N3. The maximum Gasteiger partial charge on any atom is 0.130 e. The number of hydrogen-bond donors (Lipinski definition) is 0. The average Bonchev–Trinajstić information content (AvgIpc) is 2.81. The van der Waals surface area contributed by atoms with Crippen molar-refractivity contribution in [3.8, 4) is 12.1 Å². The number of nitrogens with zero attached hydrogens (tertiary/aromatic N) is 3. The van der Waals surface area contributed by atoms with Crippen molar-refractivity contribution in [2.75, 3.05) is 13.1 Å². The fourth-order valence-corrected chi connectivity index (χ4v) is 2.08. The smallest absolute Gasteiger partial charge is 0.130 e. The van der Waals surface area contributed by atoms with Gasteiger partial charge in [0.2, 0.25) is 0 Å². The molecule has 0 saturated carbocycles. The van der Waals surface area contributed by atoms with Crippen molar-refractivity contribution in [3.05, 3.63) is 47.0 Å². The van der Waals surface area contributed by atoms with Gasteiger partial charge in [-0.25, -0.2) is 0 Å². The van der Waals surface area contributed by atoms with Gasteiger partial charge >= 0.3 is 0 Å². The highest BCUT2D eigenvalue weighted by Crippen LogP contribution is 2.20. The fraction of sp³-hybridized carbons (Fsp3) is 0.286. The Morgan fingerprint density at radius 2 is 1.88 bits per heavy atom. The zero-order valence-electron chi connectivity index (χ0n) is 9.56. The van der Waals surface area contributed by atoms with E-state index in [4.69, 9.17) is 10.5 Å². The summed E-state index contributed by atoms with van der Waals surface area (Å²) >= 11 is 0. The van der Waals surface area contributed by atoms with Gasteiger partial charge in [0.25, 0.3) is 0 Å². The van der Waals surface area contributed by atoms with Gasteiger partial charge in [-0.05, 0) is 17.6 Å². The van der Waals surface area contributed by atoms with Crippen molar-refractivity contribution in [1.82, 2.24) is 4.90 Å². The van der Waals surface area contributed by atoms with E-state index in [9.17, 15) is 0 Å². The summed E-state index contributed by atoms with van der Waals surface area (Å²) < 4.78 is 0. The van der Waals surface area contributed by atoms with Gasteiger partial charge in [-0.3, -0.25) is 4.90 Å². The van der Waals surface area contributed by atoms with E-state index in [1.54, 1.807) is 0 Å². The number of allylic oxidation sites excluding steroid dienone is 1. The van der Waals surface area contributed by atoms with Crippen LogP contribution < -0.4 is 0 Å². The van der Waals surface area contributed by atoms with E-state index in [2.05, 4.69) is 17.0 Å². The molecule has 84 valence electrons. The summed E-state index contributed by atoms with van der Waals surface area (Å²) in [5.41, 5.74) is 2.54. The molecule has 3 heteroatoms. The molecule has 1 aromatic rings. The topological polar surface area (TPSA) is 50.8 Å². The van der Waals surface area contributed by atoms with Gasteiger partial charge in [-0.2, -0.15) is 10.5 Å². The lowest BCUT2D eigenvalue weighted by atomic mass is 10.1. The Morgan fingerprint density at radius 1 is 1.18 bits per heavy atom. The first-order chi connectivity index (χ1) is 8.33. The Hall–Kier alpha value is -2.10. The lowest BCUT2D eigenvalue weighted by Crippen LogP contribution is -2.18. The predicted octanol–water partition coefficient (Wildman–Crippen LogP) is 2.24. The molecule has 0 amide bonds. The van der Waals surface area contributed by atoms with Crippen molar-refractivity contribution in [2.24, 2.45) is 0 Å². The molecule has 0 aliphatic carbocycles. The molecule has 1 heterocycles. The van der Waals surface area contributed by atoms with Crippen LogP contribution in [0.15, 0.2) is 41.5 Å². The van der Waals surface area contributed by atoms with E-state index in [1.807, 2.05) is 30.3 Å². The van der Waals surface area contributed by atoms with E-state index >= 15 is 0 Å².